The van der Waals surface area contributed by atoms with Gasteiger partial charge in [-0.2, -0.15) is 5.10 Å². The van der Waals surface area contributed by atoms with E-state index in [1.807, 2.05) is 30.8 Å². The van der Waals surface area contributed by atoms with E-state index in [9.17, 15) is 0 Å². The first kappa shape index (κ1) is 15.4. The van der Waals surface area contributed by atoms with E-state index >= 15 is 0 Å². The molecule has 0 aliphatic carbocycles. The molecule has 0 amide bonds. The zero-order valence-corrected chi connectivity index (χ0v) is 13.5. The van der Waals surface area contributed by atoms with Gasteiger partial charge in [-0.3, -0.25) is 4.68 Å². The van der Waals surface area contributed by atoms with E-state index in [1.54, 1.807) is 6.20 Å². The summed E-state index contributed by atoms with van der Waals surface area (Å²) in [5.41, 5.74) is 3.34. The highest BCUT2D eigenvalue weighted by Crippen LogP contribution is 2.24. The van der Waals surface area contributed by atoms with E-state index in [2.05, 4.69) is 42.4 Å². The van der Waals surface area contributed by atoms with E-state index in [0.717, 1.165) is 17.9 Å². The van der Waals surface area contributed by atoms with Gasteiger partial charge in [-0.15, -0.1) is 0 Å². The third-order valence-corrected chi connectivity index (χ3v) is 3.13. The van der Waals surface area contributed by atoms with Crippen molar-refractivity contribution in [1.29, 1.82) is 0 Å². The topological polar surface area (TPSA) is 52.0 Å². The summed E-state index contributed by atoms with van der Waals surface area (Å²) in [6.07, 6.45) is 3.85. The van der Waals surface area contributed by atoms with Gasteiger partial charge in [-0.25, -0.2) is 4.98 Å². The molecule has 0 radical (unpaired) electrons. The lowest BCUT2D eigenvalue weighted by atomic mass is 9.89. The van der Waals surface area contributed by atoms with E-state index < -0.39 is 0 Å². The summed E-state index contributed by atoms with van der Waals surface area (Å²) < 4.78 is 7.21. The maximum absolute atomic E-state index is 5.34. The maximum atomic E-state index is 5.34. The molecule has 0 aromatic carbocycles. The van der Waals surface area contributed by atoms with Crippen LogP contribution in [-0.4, -0.2) is 21.4 Å². The fourth-order valence-corrected chi connectivity index (χ4v) is 2.21. The third-order valence-electron chi connectivity index (χ3n) is 3.13. The highest BCUT2D eigenvalue weighted by molar-refractivity contribution is 5.43. The maximum Gasteiger partial charge on any atom is 0.213 e. The Labute approximate surface area is 126 Å². The molecule has 5 nitrogen and oxygen atoms in total. The van der Waals surface area contributed by atoms with Gasteiger partial charge in [0.15, 0.2) is 0 Å². The Kier molecular flexibility index (Phi) is 4.50. The predicted octanol–water partition coefficient (Wildman–Crippen LogP) is 3.12. The predicted molar refractivity (Wildman–Crippen MR) is 84.6 cm³/mol. The van der Waals surface area contributed by atoms with Crippen LogP contribution in [0.15, 0.2) is 24.5 Å². The minimum absolute atomic E-state index is 0.0371. The van der Waals surface area contributed by atoms with Crippen LogP contribution in [-0.2, 0) is 19.0 Å². The largest absolute Gasteiger partial charge is 0.478 e. The van der Waals surface area contributed by atoms with Gasteiger partial charge in [-0.1, -0.05) is 20.8 Å². The molecule has 0 aliphatic rings. The molecule has 2 heterocycles. The summed E-state index contributed by atoms with van der Waals surface area (Å²) in [7, 11) is 1.96. The van der Waals surface area contributed by atoms with E-state index in [0.29, 0.717) is 12.5 Å². The summed E-state index contributed by atoms with van der Waals surface area (Å²) in [6.45, 7) is 9.84. The SMILES string of the molecule is CCOc1ccc(NCc2cn(C)nc2C(C)(C)C)cn1. The lowest BCUT2D eigenvalue weighted by Crippen LogP contribution is -2.16. The van der Waals surface area contributed by atoms with Crippen molar-refractivity contribution in [2.75, 3.05) is 11.9 Å². The molecule has 1 N–H and O–H groups in total. The Hall–Kier alpha value is -2.04. The fraction of sp³-hybridized carbons (Fsp3) is 0.500. The van der Waals surface area contributed by atoms with Crippen LogP contribution in [0.2, 0.25) is 0 Å². The minimum atomic E-state index is 0.0371. The summed E-state index contributed by atoms with van der Waals surface area (Å²) in [5, 5.41) is 7.96. The Morgan fingerprint density at radius 1 is 1.29 bits per heavy atom. The Bertz CT molecular complexity index is 581. The molecule has 2 rings (SSSR count). The molecule has 0 fully saturated rings. The Balaban J connectivity index is 2.06. The number of aryl methyl sites for hydroxylation is 1. The monoisotopic (exact) mass is 288 g/mol. The third kappa shape index (κ3) is 3.97. The highest BCUT2D eigenvalue weighted by atomic mass is 16.5. The van der Waals surface area contributed by atoms with Crippen molar-refractivity contribution in [3.05, 3.63) is 35.8 Å². The number of nitrogens with one attached hydrogen (secondary N) is 1. The average Bonchev–Trinajstić information content (AvgIpc) is 2.80. The van der Waals surface area contributed by atoms with Crippen LogP contribution in [0.4, 0.5) is 5.69 Å². The fourth-order valence-electron chi connectivity index (χ4n) is 2.21. The molecule has 0 spiro atoms. The van der Waals surface area contributed by atoms with Crippen molar-refractivity contribution >= 4 is 5.69 Å². The van der Waals surface area contributed by atoms with Crippen LogP contribution in [0.5, 0.6) is 5.88 Å². The van der Waals surface area contributed by atoms with Crippen molar-refractivity contribution in [3.63, 3.8) is 0 Å². The van der Waals surface area contributed by atoms with E-state index in [4.69, 9.17) is 4.74 Å². The lowest BCUT2D eigenvalue weighted by molar-refractivity contribution is 0.327. The zero-order valence-electron chi connectivity index (χ0n) is 13.5. The number of pyridine rings is 1. The van der Waals surface area contributed by atoms with Crippen LogP contribution >= 0.6 is 0 Å². The van der Waals surface area contributed by atoms with Gasteiger partial charge < -0.3 is 10.1 Å². The molecule has 0 saturated heterocycles. The first-order valence-electron chi connectivity index (χ1n) is 7.26. The van der Waals surface area contributed by atoms with Crippen molar-refractivity contribution in [2.45, 2.75) is 39.7 Å². The normalized spacial score (nSPS) is 11.5. The molecule has 5 heteroatoms. The van der Waals surface area contributed by atoms with E-state index in [1.165, 1.54) is 5.56 Å². The second-order valence-electron chi connectivity index (χ2n) is 6.10. The molecule has 0 saturated carbocycles. The molecule has 0 aliphatic heterocycles. The second-order valence-corrected chi connectivity index (χ2v) is 6.10. The van der Waals surface area contributed by atoms with Gasteiger partial charge in [0.05, 0.1) is 24.2 Å². The molecule has 2 aromatic heterocycles. The molecular formula is C16H24N4O. The molecule has 0 atom stereocenters. The quantitative estimate of drug-likeness (QED) is 0.918. The van der Waals surface area contributed by atoms with Gasteiger partial charge in [0.1, 0.15) is 0 Å². The van der Waals surface area contributed by atoms with Crippen LogP contribution in [0.3, 0.4) is 0 Å². The summed E-state index contributed by atoms with van der Waals surface area (Å²) in [5.74, 6) is 0.653. The first-order valence-corrected chi connectivity index (χ1v) is 7.26. The van der Waals surface area contributed by atoms with Gasteiger partial charge >= 0.3 is 0 Å². The number of nitrogens with zero attached hydrogens (tertiary/aromatic N) is 3. The van der Waals surface area contributed by atoms with Crippen LogP contribution < -0.4 is 10.1 Å². The number of ether oxygens (including phenoxy) is 1. The molecule has 0 bridgehead atoms. The molecule has 114 valence electrons. The van der Waals surface area contributed by atoms with Crippen molar-refractivity contribution in [2.24, 2.45) is 7.05 Å². The number of hydrogen-bond acceptors (Lipinski definition) is 4. The first-order chi connectivity index (χ1) is 9.90. The van der Waals surface area contributed by atoms with Crippen molar-refractivity contribution in [1.82, 2.24) is 14.8 Å². The zero-order chi connectivity index (χ0) is 15.5. The number of aromatic nitrogens is 3. The summed E-state index contributed by atoms with van der Waals surface area (Å²) >= 11 is 0. The molecule has 2 aromatic rings. The number of rotatable bonds is 5. The van der Waals surface area contributed by atoms with Gasteiger partial charge in [-0.05, 0) is 13.0 Å². The Morgan fingerprint density at radius 2 is 2.05 bits per heavy atom. The van der Waals surface area contributed by atoms with Crippen LogP contribution in [0, 0.1) is 0 Å². The average molecular weight is 288 g/mol. The summed E-state index contributed by atoms with van der Waals surface area (Å²) in [6, 6.07) is 3.85. The van der Waals surface area contributed by atoms with Gasteiger partial charge in [0, 0.05) is 36.8 Å². The molecule has 0 unspecified atom stereocenters. The minimum Gasteiger partial charge on any atom is -0.478 e. The second kappa shape index (κ2) is 6.16. The number of anilines is 1. The molecule has 21 heavy (non-hydrogen) atoms. The van der Waals surface area contributed by atoms with Crippen molar-refractivity contribution < 1.29 is 4.74 Å². The van der Waals surface area contributed by atoms with Crippen LogP contribution in [0.1, 0.15) is 39.0 Å². The standard InChI is InChI=1S/C16H24N4O/c1-6-21-14-8-7-13(10-18-14)17-9-12-11-20(5)19-15(12)16(2,3)4/h7-8,10-11,17H,6,9H2,1-5H3. The highest BCUT2D eigenvalue weighted by Gasteiger charge is 2.21. The smallest absolute Gasteiger partial charge is 0.213 e. The number of hydrogen-bond donors (Lipinski definition) is 1. The van der Waals surface area contributed by atoms with Crippen molar-refractivity contribution in [3.8, 4) is 5.88 Å². The van der Waals surface area contributed by atoms with E-state index in [-0.39, 0.29) is 5.41 Å². The Morgan fingerprint density at radius 3 is 2.62 bits per heavy atom. The van der Waals surface area contributed by atoms with Crippen LogP contribution in [0.25, 0.3) is 0 Å². The molecular weight excluding hydrogens is 264 g/mol. The van der Waals surface area contributed by atoms with Gasteiger partial charge in [0.25, 0.3) is 0 Å². The van der Waals surface area contributed by atoms with Gasteiger partial charge in [0.2, 0.25) is 5.88 Å². The summed E-state index contributed by atoms with van der Waals surface area (Å²) in [4.78, 5) is 4.25. The lowest BCUT2D eigenvalue weighted by Gasteiger charge is -2.17.